The predicted molar refractivity (Wildman–Crippen MR) is 76.0 cm³/mol. The number of nitrogens with zero attached hydrogens (tertiary/aromatic N) is 3. The second-order valence-electron chi connectivity index (χ2n) is 5.94. The summed E-state index contributed by atoms with van der Waals surface area (Å²) >= 11 is 0. The van der Waals surface area contributed by atoms with Gasteiger partial charge in [-0.1, -0.05) is 0 Å². The molecular weight excluding hydrogens is 275 g/mol. The van der Waals surface area contributed by atoms with E-state index in [0.717, 1.165) is 25.5 Å². The molecule has 2 heterocycles. The number of aromatic nitrogens is 3. The van der Waals surface area contributed by atoms with Crippen molar-refractivity contribution < 1.29 is 14.2 Å². The molecule has 1 fully saturated rings. The average molecular weight is 294 g/mol. The van der Waals surface area contributed by atoms with E-state index in [1.54, 1.807) is 20.2 Å². The van der Waals surface area contributed by atoms with Crippen molar-refractivity contribution in [3.05, 3.63) is 18.3 Å². The van der Waals surface area contributed by atoms with Crippen LogP contribution in [0.2, 0.25) is 0 Å². The van der Waals surface area contributed by atoms with Crippen LogP contribution in [-0.2, 0) is 4.74 Å². The molecule has 2 unspecified atom stereocenters. The topological polar surface area (TPSA) is 86.2 Å². The van der Waals surface area contributed by atoms with Crippen LogP contribution in [-0.4, -0.2) is 31.5 Å². The molecule has 0 aromatic carbocycles. The van der Waals surface area contributed by atoms with E-state index < -0.39 is 11.6 Å². The van der Waals surface area contributed by atoms with Crippen molar-refractivity contribution in [2.45, 2.75) is 51.0 Å². The van der Waals surface area contributed by atoms with Gasteiger partial charge in [0, 0.05) is 0 Å². The van der Waals surface area contributed by atoms with Gasteiger partial charge in [-0.3, -0.25) is 0 Å². The molecule has 114 valence electrons. The van der Waals surface area contributed by atoms with E-state index in [4.69, 9.17) is 10.5 Å². The van der Waals surface area contributed by atoms with E-state index in [-0.39, 0.29) is 23.5 Å². The van der Waals surface area contributed by atoms with Crippen LogP contribution in [0.4, 0.5) is 10.2 Å². The molecule has 2 aromatic rings. The number of nitrogen functional groups attached to an aromatic ring is 1. The zero-order valence-electron chi connectivity index (χ0n) is 12.1. The second kappa shape index (κ2) is 4.92. The maximum Gasteiger partial charge on any atom is 0.169 e. The van der Waals surface area contributed by atoms with Gasteiger partial charge in [0.05, 0.1) is 24.7 Å². The molecule has 1 saturated carbocycles. The third kappa shape index (κ3) is 2.58. The van der Waals surface area contributed by atoms with Crippen LogP contribution in [0.1, 0.15) is 39.2 Å². The third-order valence-electron chi connectivity index (χ3n) is 3.79. The van der Waals surface area contributed by atoms with Gasteiger partial charge in [0.1, 0.15) is 16.9 Å². The summed E-state index contributed by atoms with van der Waals surface area (Å²) < 4.78 is 21.3. The number of imidazole rings is 1. The van der Waals surface area contributed by atoms with Crippen molar-refractivity contribution in [1.82, 2.24) is 14.5 Å². The Kier molecular flexibility index (Phi) is 3.33. The van der Waals surface area contributed by atoms with E-state index >= 15 is 0 Å². The van der Waals surface area contributed by atoms with Crippen molar-refractivity contribution >= 4 is 16.9 Å². The van der Waals surface area contributed by atoms with Gasteiger partial charge in [-0.2, -0.15) is 0 Å². The zero-order chi connectivity index (χ0) is 15.2. The smallest absolute Gasteiger partial charge is 0.169 e. The van der Waals surface area contributed by atoms with Gasteiger partial charge in [-0.15, -0.1) is 0 Å². The summed E-state index contributed by atoms with van der Waals surface area (Å²) in [5.74, 6) is -1.45. The summed E-state index contributed by atoms with van der Waals surface area (Å²) in [6.07, 6.45) is 5.15. The highest BCUT2D eigenvalue weighted by Crippen LogP contribution is 2.37. The maximum absolute atomic E-state index is 13.8. The lowest BCUT2D eigenvalue weighted by atomic mass is 10.2. The number of fused-ring (bicyclic) bond motifs is 1. The highest BCUT2D eigenvalue weighted by Gasteiger charge is 2.34. The molecule has 6 nitrogen and oxygen atoms in total. The first-order valence-electron chi connectivity index (χ1n) is 7.03. The number of nitrogens with two attached hydrogens (primary N) is 1. The summed E-state index contributed by atoms with van der Waals surface area (Å²) in [5, 5.41) is 9.86. The van der Waals surface area contributed by atoms with Crippen molar-refractivity contribution in [3.8, 4) is 0 Å². The Hall–Kier alpha value is -1.73. The molecule has 0 amide bonds. The highest BCUT2D eigenvalue weighted by atomic mass is 19.1. The third-order valence-corrected chi connectivity index (χ3v) is 3.79. The summed E-state index contributed by atoms with van der Waals surface area (Å²) in [5.41, 5.74) is 6.59. The SMILES string of the molecule is CC(C)(O)OC1CCCC1n1cnc2c(F)cnc(N)c21. The summed E-state index contributed by atoms with van der Waals surface area (Å²) in [4.78, 5) is 7.97. The Balaban J connectivity index is 2.02. The summed E-state index contributed by atoms with van der Waals surface area (Å²) in [6.45, 7) is 3.20. The number of ether oxygens (including phenoxy) is 1. The standard InChI is InChI=1S/C14H19FN4O2/c1-14(2,20)21-10-5-3-4-9(10)19-7-18-11-8(15)6-17-13(16)12(11)19/h6-7,9-10,20H,3-5H2,1-2H3,(H2,16,17). The van der Waals surface area contributed by atoms with Crippen molar-refractivity contribution in [3.63, 3.8) is 0 Å². The highest BCUT2D eigenvalue weighted by molar-refractivity contribution is 5.85. The first kappa shape index (κ1) is 14.2. The van der Waals surface area contributed by atoms with Crippen LogP contribution >= 0.6 is 0 Å². The molecule has 1 aliphatic carbocycles. The largest absolute Gasteiger partial charge is 0.382 e. The molecule has 7 heteroatoms. The Labute approximate surface area is 121 Å². The number of hydrogen-bond donors (Lipinski definition) is 2. The molecule has 0 bridgehead atoms. The van der Waals surface area contributed by atoms with Gasteiger partial charge in [-0.25, -0.2) is 14.4 Å². The normalized spacial score (nSPS) is 23.0. The zero-order valence-corrected chi connectivity index (χ0v) is 12.1. The first-order valence-corrected chi connectivity index (χ1v) is 7.03. The lowest BCUT2D eigenvalue weighted by Gasteiger charge is -2.28. The first-order chi connectivity index (χ1) is 9.87. The van der Waals surface area contributed by atoms with Gasteiger partial charge >= 0.3 is 0 Å². The van der Waals surface area contributed by atoms with Crippen LogP contribution in [0.5, 0.6) is 0 Å². The Bertz CT molecular complexity index is 665. The number of pyridine rings is 1. The van der Waals surface area contributed by atoms with Crippen LogP contribution < -0.4 is 5.73 Å². The molecular formula is C14H19FN4O2. The molecule has 3 rings (SSSR count). The fraction of sp³-hybridized carbons (Fsp3) is 0.571. The summed E-state index contributed by atoms with van der Waals surface area (Å²) in [7, 11) is 0. The second-order valence-corrected chi connectivity index (χ2v) is 5.94. The van der Waals surface area contributed by atoms with E-state index in [2.05, 4.69) is 9.97 Å². The van der Waals surface area contributed by atoms with Gasteiger partial charge < -0.3 is 20.1 Å². The quantitative estimate of drug-likeness (QED) is 0.845. The van der Waals surface area contributed by atoms with Gasteiger partial charge in [0.2, 0.25) is 0 Å². The Morgan fingerprint density at radius 3 is 2.90 bits per heavy atom. The summed E-state index contributed by atoms with van der Waals surface area (Å²) in [6, 6.07) is -0.0349. The van der Waals surface area contributed by atoms with Crippen molar-refractivity contribution in [2.24, 2.45) is 0 Å². The fourth-order valence-electron chi connectivity index (χ4n) is 3.02. The minimum absolute atomic E-state index is 0.0349. The molecule has 21 heavy (non-hydrogen) atoms. The Morgan fingerprint density at radius 2 is 2.19 bits per heavy atom. The lowest BCUT2D eigenvalue weighted by molar-refractivity contribution is -0.210. The van der Waals surface area contributed by atoms with E-state index in [9.17, 15) is 9.50 Å². The molecule has 0 radical (unpaired) electrons. The number of hydrogen-bond acceptors (Lipinski definition) is 5. The van der Waals surface area contributed by atoms with Gasteiger partial charge in [0.15, 0.2) is 11.6 Å². The fourth-order valence-corrected chi connectivity index (χ4v) is 3.02. The average Bonchev–Trinajstić information content (AvgIpc) is 2.98. The molecule has 0 saturated heterocycles. The molecule has 3 N–H and O–H groups in total. The molecule has 0 spiro atoms. The number of aliphatic hydroxyl groups is 1. The molecule has 1 aliphatic rings. The van der Waals surface area contributed by atoms with E-state index in [1.807, 2.05) is 4.57 Å². The van der Waals surface area contributed by atoms with Crippen LogP contribution in [0.25, 0.3) is 11.0 Å². The maximum atomic E-state index is 13.8. The van der Waals surface area contributed by atoms with Crippen molar-refractivity contribution in [2.75, 3.05) is 5.73 Å². The number of anilines is 1. The van der Waals surface area contributed by atoms with Gasteiger partial charge in [-0.05, 0) is 33.1 Å². The van der Waals surface area contributed by atoms with Crippen LogP contribution in [0.15, 0.2) is 12.5 Å². The predicted octanol–water partition coefficient (Wildman–Crippen LogP) is 1.99. The Morgan fingerprint density at radius 1 is 1.43 bits per heavy atom. The molecule has 0 aliphatic heterocycles. The molecule has 2 atom stereocenters. The monoisotopic (exact) mass is 294 g/mol. The van der Waals surface area contributed by atoms with E-state index in [0.29, 0.717) is 5.52 Å². The lowest BCUT2D eigenvalue weighted by Crippen LogP contribution is -2.33. The molecule has 2 aromatic heterocycles. The van der Waals surface area contributed by atoms with E-state index in [1.165, 1.54) is 0 Å². The number of rotatable bonds is 3. The minimum Gasteiger partial charge on any atom is -0.382 e. The van der Waals surface area contributed by atoms with Crippen molar-refractivity contribution in [1.29, 1.82) is 0 Å². The van der Waals surface area contributed by atoms with Gasteiger partial charge in [0.25, 0.3) is 0 Å². The minimum atomic E-state index is -1.21. The van der Waals surface area contributed by atoms with Crippen LogP contribution in [0, 0.1) is 5.82 Å². The van der Waals surface area contributed by atoms with Crippen LogP contribution in [0.3, 0.4) is 0 Å². The number of halogens is 1.